The summed E-state index contributed by atoms with van der Waals surface area (Å²) in [6.07, 6.45) is 1.89. The van der Waals surface area contributed by atoms with Gasteiger partial charge < -0.3 is 20.4 Å². The lowest BCUT2D eigenvalue weighted by Crippen LogP contribution is -2.29. The van der Waals surface area contributed by atoms with Crippen LogP contribution in [0.1, 0.15) is 24.4 Å². The van der Waals surface area contributed by atoms with Gasteiger partial charge in [0.15, 0.2) is 0 Å². The van der Waals surface area contributed by atoms with Crippen molar-refractivity contribution in [2.75, 3.05) is 13.2 Å². The van der Waals surface area contributed by atoms with Crippen LogP contribution in [0.25, 0.3) is 11.0 Å². The van der Waals surface area contributed by atoms with Crippen molar-refractivity contribution in [1.29, 1.82) is 0 Å². The highest BCUT2D eigenvalue weighted by molar-refractivity contribution is 5.74. The molecule has 1 unspecified atom stereocenters. The van der Waals surface area contributed by atoms with Gasteiger partial charge in [-0.25, -0.2) is 0 Å². The number of fused-ring (bicyclic) bond motifs is 1. The Morgan fingerprint density at radius 2 is 1.75 bits per heavy atom. The summed E-state index contributed by atoms with van der Waals surface area (Å²) in [5, 5.41) is 0. The minimum Gasteiger partial charge on any atom is -0.381 e. The number of nitrogens with one attached hydrogen (secondary N) is 2. The summed E-state index contributed by atoms with van der Waals surface area (Å²) in [4.78, 5) is 27.8. The molecule has 6 nitrogen and oxygen atoms in total. The predicted molar refractivity (Wildman–Crippen MR) is 75.7 cm³/mol. The molecule has 106 valence electrons. The summed E-state index contributed by atoms with van der Waals surface area (Å²) < 4.78 is 5.34. The predicted octanol–water partition coefficient (Wildman–Crippen LogP) is 0.643. The summed E-state index contributed by atoms with van der Waals surface area (Å²) in [6.45, 7) is 1.49. The first kappa shape index (κ1) is 13.1. The zero-order valence-corrected chi connectivity index (χ0v) is 11.0. The maximum Gasteiger partial charge on any atom is 0.314 e. The number of ether oxygens (including phenoxy) is 1. The smallest absolute Gasteiger partial charge is 0.314 e. The third-order valence-corrected chi connectivity index (χ3v) is 3.90. The zero-order valence-electron chi connectivity index (χ0n) is 11.0. The topological polar surface area (TPSA) is 101 Å². The largest absolute Gasteiger partial charge is 0.381 e. The Balaban J connectivity index is 1.97. The second kappa shape index (κ2) is 5.22. The van der Waals surface area contributed by atoms with Crippen LogP contribution in [0.3, 0.4) is 0 Å². The number of hydrogen-bond acceptors (Lipinski definition) is 4. The van der Waals surface area contributed by atoms with Crippen LogP contribution < -0.4 is 16.9 Å². The fourth-order valence-electron chi connectivity index (χ4n) is 2.69. The van der Waals surface area contributed by atoms with E-state index in [2.05, 4.69) is 9.97 Å². The fourth-order valence-corrected chi connectivity index (χ4v) is 2.69. The molecule has 20 heavy (non-hydrogen) atoms. The van der Waals surface area contributed by atoms with Gasteiger partial charge >= 0.3 is 11.1 Å². The number of aromatic amines is 2. The van der Waals surface area contributed by atoms with E-state index in [0.717, 1.165) is 31.6 Å². The van der Waals surface area contributed by atoms with Gasteiger partial charge in [-0.1, -0.05) is 6.07 Å². The molecular weight excluding hydrogens is 258 g/mol. The van der Waals surface area contributed by atoms with E-state index in [9.17, 15) is 9.59 Å². The highest BCUT2D eigenvalue weighted by Crippen LogP contribution is 2.28. The van der Waals surface area contributed by atoms with Crippen LogP contribution in [0.5, 0.6) is 0 Å². The lowest BCUT2D eigenvalue weighted by atomic mass is 9.87. The molecule has 4 N–H and O–H groups in total. The first-order chi connectivity index (χ1) is 9.65. The van der Waals surface area contributed by atoms with Crippen LogP contribution in [0, 0.1) is 5.92 Å². The highest BCUT2D eigenvalue weighted by atomic mass is 16.5. The SMILES string of the molecule is NC(c1ccc2[nH]c(=O)c(=O)[nH]c2c1)C1CCOCC1. The van der Waals surface area contributed by atoms with Gasteiger partial charge in [0.1, 0.15) is 0 Å². The summed E-state index contributed by atoms with van der Waals surface area (Å²) >= 11 is 0. The minimum absolute atomic E-state index is 0.0845. The van der Waals surface area contributed by atoms with Crippen molar-refractivity contribution in [3.05, 3.63) is 44.5 Å². The van der Waals surface area contributed by atoms with E-state index < -0.39 is 11.1 Å². The minimum atomic E-state index is -0.644. The molecule has 2 aromatic rings. The van der Waals surface area contributed by atoms with Crippen molar-refractivity contribution in [3.63, 3.8) is 0 Å². The van der Waals surface area contributed by atoms with Crippen molar-refractivity contribution >= 4 is 11.0 Å². The first-order valence-corrected chi connectivity index (χ1v) is 6.75. The summed E-state index contributed by atoms with van der Waals surface area (Å²) in [5.74, 6) is 0.385. The van der Waals surface area contributed by atoms with Crippen LogP contribution in [0.15, 0.2) is 27.8 Å². The molecule has 6 heteroatoms. The average Bonchev–Trinajstić information content (AvgIpc) is 2.48. The lowest BCUT2D eigenvalue weighted by Gasteiger charge is -2.28. The van der Waals surface area contributed by atoms with Crippen molar-refractivity contribution < 1.29 is 4.74 Å². The average molecular weight is 275 g/mol. The Morgan fingerprint density at radius 1 is 1.10 bits per heavy atom. The number of H-pyrrole nitrogens is 2. The van der Waals surface area contributed by atoms with Gasteiger partial charge in [0.25, 0.3) is 0 Å². The van der Waals surface area contributed by atoms with Crippen molar-refractivity contribution in [3.8, 4) is 0 Å². The van der Waals surface area contributed by atoms with Gasteiger partial charge in [-0.15, -0.1) is 0 Å². The van der Waals surface area contributed by atoms with Crippen LogP contribution in [-0.4, -0.2) is 23.2 Å². The Hall–Kier alpha value is -1.92. The molecule has 1 saturated heterocycles. The molecule has 1 aliphatic rings. The molecule has 3 rings (SSSR count). The van der Waals surface area contributed by atoms with E-state index in [1.165, 1.54) is 0 Å². The third kappa shape index (κ3) is 2.39. The molecule has 1 aliphatic heterocycles. The standard InChI is InChI=1S/C14H17N3O3/c15-12(8-3-5-20-6-4-8)9-1-2-10-11(7-9)17-14(19)13(18)16-10/h1-2,7-8,12H,3-6,15H2,(H,16,18)(H,17,19). The van der Waals surface area contributed by atoms with E-state index in [1.807, 2.05) is 12.1 Å². The van der Waals surface area contributed by atoms with Crippen LogP contribution in [-0.2, 0) is 4.74 Å². The normalized spacial score (nSPS) is 18.2. The quantitative estimate of drug-likeness (QED) is 0.700. The van der Waals surface area contributed by atoms with Gasteiger partial charge in [0.2, 0.25) is 0 Å². The summed E-state index contributed by atoms with van der Waals surface area (Å²) in [7, 11) is 0. The molecular formula is C14H17N3O3. The van der Waals surface area contributed by atoms with Gasteiger partial charge in [-0.05, 0) is 36.5 Å². The number of hydrogen-bond donors (Lipinski definition) is 3. The van der Waals surface area contributed by atoms with Crippen LogP contribution in [0.2, 0.25) is 0 Å². The zero-order chi connectivity index (χ0) is 14.1. The van der Waals surface area contributed by atoms with Gasteiger partial charge in [-0.3, -0.25) is 9.59 Å². The van der Waals surface area contributed by atoms with E-state index in [-0.39, 0.29) is 6.04 Å². The maximum atomic E-state index is 11.4. The van der Waals surface area contributed by atoms with Gasteiger partial charge in [0.05, 0.1) is 11.0 Å². The van der Waals surface area contributed by atoms with Crippen LogP contribution >= 0.6 is 0 Å². The van der Waals surface area contributed by atoms with Crippen molar-refractivity contribution in [2.24, 2.45) is 11.7 Å². The van der Waals surface area contributed by atoms with Gasteiger partial charge in [0, 0.05) is 19.3 Å². The molecule has 0 spiro atoms. The van der Waals surface area contributed by atoms with Gasteiger partial charge in [-0.2, -0.15) is 0 Å². The highest BCUT2D eigenvalue weighted by Gasteiger charge is 2.22. The summed E-state index contributed by atoms with van der Waals surface area (Å²) in [5.41, 5.74) is 7.21. The molecule has 0 saturated carbocycles. The van der Waals surface area contributed by atoms with Crippen LogP contribution in [0.4, 0.5) is 0 Å². The lowest BCUT2D eigenvalue weighted by molar-refractivity contribution is 0.0584. The number of benzene rings is 1. The Labute approximate surface area is 115 Å². The van der Waals surface area contributed by atoms with E-state index in [1.54, 1.807) is 6.07 Å². The molecule has 1 atom stereocenters. The second-order valence-corrected chi connectivity index (χ2v) is 5.19. The van der Waals surface area contributed by atoms with E-state index in [0.29, 0.717) is 17.0 Å². The van der Waals surface area contributed by atoms with E-state index in [4.69, 9.17) is 10.5 Å². The molecule has 0 radical (unpaired) electrons. The molecule has 1 fully saturated rings. The fraction of sp³-hybridized carbons (Fsp3) is 0.429. The molecule has 0 bridgehead atoms. The second-order valence-electron chi connectivity index (χ2n) is 5.19. The number of aromatic nitrogens is 2. The number of nitrogens with two attached hydrogens (primary N) is 1. The summed E-state index contributed by atoms with van der Waals surface area (Å²) in [6, 6.07) is 5.43. The van der Waals surface area contributed by atoms with Crippen molar-refractivity contribution in [1.82, 2.24) is 9.97 Å². The molecule has 0 aliphatic carbocycles. The monoisotopic (exact) mass is 275 g/mol. The molecule has 1 aromatic heterocycles. The third-order valence-electron chi connectivity index (χ3n) is 3.90. The maximum absolute atomic E-state index is 11.4. The van der Waals surface area contributed by atoms with E-state index >= 15 is 0 Å². The Kier molecular flexibility index (Phi) is 3.42. The molecule has 1 aromatic carbocycles. The Morgan fingerprint density at radius 3 is 2.45 bits per heavy atom. The van der Waals surface area contributed by atoms with Crippen molar-refractivity contribution in [2.45, 2.75) is 18.9 Å². The number of rotatable bonds is 2. The molecule has 2 heterocycles. The first-order valence-electron chi connectivity index (χ1n) is 6.75. The molecule has 0 amide bonds. The Bertz CT molecular complexity index is 728.